The van der Waals surface area contributed by atoms with E-state index >= 15 is 0 Å². The highest BCUT2D eigenvalue weighted by atomic mass is 15.3. The molecule has 2 aromatic rings. The second-order valence-electron chi connectivity index (χ2n) is 6.57. The highest BCUT2D eigenvalue weighted by molar-refractivity contribution is 5.93. The molecule has 120 valence electrons. The number of anilines is 1. The maximum absolute atomic E-state index is 6.13. The van der Waals surface area contributed by atoms with Crippen molar-refractivity contribution in [3.8, 4) is 0 Å². The van der Waals surface area contributed by atoms with E-state index in [0.29, 0.717) is 12.0 Å². The summed E-state index contributed by atoms with van der Waals surface area (Å²) in [6.45, 7) is 9.78. The van der Waals surface area contributed by atoms with Gasteiger partial charge in [0.25, 0.3) is 0 Å². The van der Waals surface area contributed by atoms with E-state index in [-0.39, 0.29) is 0 Å². The molecule has 0 aliphatic carbocycles. The minimum atomic E-state index is 0.460. The van der Waals surface area contributed by atoms with Crippen LogP contribution >= 0.6 is 0 Å². The van der Waals surface area contributed by atoms with E-state index in [9.17, 15) is 0 Å². The van der Waals surface area contributed by atoms with Crippen molar-refractivity contribution < 1.29 is 0 Å². The van der Waals surface area contributed by atoms with E-state index < -0.39 is 0 Å². The maximum atomic E-state index is 6.13. The molecule has 0 saturated carbocycles. The van der Waals surface area contributed by atoms with Crippen LogP contribution in [0.4, 0.5) is 5.82 Å². The quantitative estimate of drug-likeness (QED) is 0.860. The van der Waals surface area contributed by atoms with Crippen LogP contribution in [0.2, 0.25) is 0 Å². The van der Waals surface area contributed by atoms with Gasteiger partial charge in [0.2, 0.25) is 0 Å². The SMILES string of the molecule is CCCC(CCC)N1CC(C)c2cn(N)c3nc(C)nc1c23. The lowest BCUT2D eigenvalue weighted by atomic mass is 9.93. The largest absolute Gasteiger partial charge is 0.352 e. The molecule has 1 unspecified atom stereocenters. The Morgan fingerprint density at radius 3 is 2.59 bits per heavy atom. The first kappa shape index (κ1) is 15.1. The van der Waals surface area contributed by atoms with Crippen LogP contribution in [0, 0.1) is 6.92 Å². The Labute approximate surface area is 132 Å². The maximum Gasteiger partial charge on any atom is 0.164 e. The number of nitrogens with two attached hydrogens (primary N) is 1. The molecule has 1 aliphatic heterocycles. The normalized spacial score (nSPS) is 17.7. The molecule has 0 radical (unpaired) electrons. The molecule has 1 atom stereocenters. The van der Waals surface area contributed by atoms with E-state index in [1.807, 2.05) is 13.1 Å². The van der Waals surface area contributed by atoms with Gasteiger partial charge < -0.3 is 10.7 Å². The van der Waals surface area contributed by atoms with Crippen molar-refractivity contribution >= 4 is 16.9 Å². The third-order valence-corrected chi connectivity index (χ3v) is 4.75. The zero-order valence-electron chi connectivity index (χ0n) is 14.1. The first-order valence-corrected chi connectivity index (χ1v) is 8.48. The molecule has 5 heteroatoms. The minimum Gasteiger partial charge on any atom is -0.352 e. The molecule has 2 aromatic heterocycles. The number of aryl methyl sites for hydroxylation is 1. The number of nitrogen functional groups attached to an aromatic ring is 1. The van der Waals surface area contributed by atoms with Crippen LogP contribution in [0.1, 0.15) is 63.8 Å². The highest BCUT2D eigenvalue weighted by Gasteiger charge is 2.32. The average molecular weight is 301 g/mol. The van der Waals surface area contributed by atoms with Gasteiger partial charge in [0.15, 0.2) is 5.65 Å². The molecular formula is C17H27N5. The van der Waals surface area contributed by atoms with Crippen molar-refractivity contribution in [1.82, 2.24) is 14.6 Å². The monoisotopic (exact) mass is 301 g/mol. The summed E-state index contributed by atoms with van der Waals surface area (Å²) in [5.41, 5.74) is 2.15. The van der Waals surface area contributed by atoms with Crippen molar-refractivity contribution in [2.24, 2.45) is 0 Å². The Morgan fingerprint density at radius 2 is 1.95 bits per heavy atom. The van der Waals surface area contributed by atoms with E-state index in [4.69, 9.17) is 10.8 Å². The van der Waals surface area contributed by atoms with Crippen LogP contribution in [0.15, 0.2) is 6.20 Å². The molecule has 2 N–H and O–H groups in total. The number of aromatic nitrogens is 3. The predicted molar refractivity (Wildman–Crippen MR) is 91.8 cm³/mol. The summed E-state index contributed by atoms with van der Waals surface area (Å²) in [4.78, 5) is 11.9. The van der Waals surface area contributed by atoms with Gasteiger partial charge in [-0.05, 0) is 25.3 Å². The summed E-state index contributed by atoms with van der Waals surface area (Å²) in [7, 11) is 0. The Hall–Kier alpha value is -1.78. The number of hydrogen-bond donors (Lipinski definition) is 1. The summed E-state index contributed by atoms with van der Waals surface area (Å²) in [5.74, 6) is 8.47. The van der Waals surface area contributed by atoms with Crippen LogP contribution in [0.5, 0.6) is 0 Å². The molecule has 0 bridgehead atoms. The summed E-state index contributed by atoms with van der Waals surface area (Å²) in [6, 6.07) is 0.559. The summed E-state index contributed by atoms with van der Waals surface area (Å²) < 4.78 is 1.66. The molecule has 3 rings (SSSR count). The van der Waals surface area contributed by atoms with E-state index in [1.54, 1.807) is 4.68 Å². The lowest BCUT2D eigenvalue weighted by Crippen LogP contribution is -2.40. The van der Waals surface area contributed by atoms with Gasteiger partial charge in [-0.15, -0.1) is 0 Å². The van der Waals surface area contributed by atoms with Crippen molar-refractivity contribution in [3.63, 3.8) is 0 Å². The first-order chi connectivity index (χ1) is 10.6. The highest BCUT2D eigenvalue weighted by Crippen LogP contribution is 2.39. The molecule has 3 heterocycles. The number of nitrogens with zero attached hydrogens (tertiary/aromatic N) is 4. The van der Waals surface area contributed by atoms with Gasteiger partial charge in [-0.25, -0.2) is 9.97 Å². The van der Waals surface area contributed by atoms with E-state index in [1.165, 1.54) is 31.2 Å². The lowest BCUT2D eigenvalue weighted by Gasteiger charge is -2.38. The fourth-order valence-corrected chi connectivity index (χ4v) is 3.77. The fraction of sp³-hybridized carbons (Fsp3) is 0.647. The molecular weight excluding hydrogens is 274 g/mol. The van der Waals surface area contributed by atoms with E-state index in [2.05, 4.69) is 30.7 Å². The van der Waals surface area contributed by atoms with Crippen molar-refractivity contribution in [2.75, 3.05) is 17.3 Å². The predicted octanol–water partition coefficient (Wildman–Crippen LogP) is 3.35. The Bertz CT molecular complexity index is 669. The van der Waals surface area contributed by atoms with Gasteiger partial charge in [0.1, 0.15) is 11.6 Å². The van der Waals surface area contributed by atoms with Crippen molar-refractivity contribution in [2.45, 2.75) is 65.3 Å². The van der Waals surface area contributed by atoms with Crippen molar-refractivity contribution in [1.29, 1.82) is 0 Å². The second kappa shape index (κ2) is 5.78. The zero-order chi connectivity index (χ0) is 15.9. The molecule has 0 spiro atoms. The molecule has 1 aliphatic rings. The number of rotatable bonds is 5. The third kappa shape index (κ3) is 2.32. The van der Waals surface area contributed by atoms with Gasteiger partial charge in [-0.3, -0.25) is 4.68 Å². The fourth-order valence-electron chi connectivity index (χ4n) is 3.77. The van der Waals surface area contributed by atoms with Crippen LogP contribution in [-0.2, 0) is 0 Å². The Kier molecular flexibility index (Phi) is 3.98. The van der Waals surface area contributed by atoms with Gasteiger partial charge in [-0.1, -0.05) is 33.6 Å². The van der Waals surface area contributed by atoms with Crippen LogP contribution in [0.25, 0.3) is 11.0 Å². The Balaban J connectivity index is 2.16. The van der Waals surface area contributed by atoms with E-state index in [0.717, 1.165) is 29.2 Å². The van der Waals surface area contributed by atoms with Gasteiger partial charge in [0, 0.05) is 24.7 Å². The van der Waals surface area contributed by atoms with Crippen molar-refractivity contribution in [3.05, 3.63) is 17.6 Å². The Morgan fingerprint density at radius 1 is 1.27 bits per heavy atom. The molecule has 22 heavy (non-hydrogen) atoms. The average Bonchev–Trinajstić information content (AvgIpc) is 2.81. The number of hydrogen-bond acceptors (Lipinski definition) is 4. The van der Waals surface area contributed by atoms with Crippen LogP contribution < -0.4 is 10.7 Å². The van der Waals surface area contributed by atoms with Crippen LogP contribution in [-0.4, -0.2) is 27.2 Å². The molecule has 0 saturated heterocycles. The summed E-state index contributed by atoms with van der Waals surface area (Å²) in [5, 5.41) is 1.16. The molecule has 0 fully saturated rings. The summed E-state index contributed by atoms with van der Waals surface area (Å²) >= 11 is 0. The zero-order valence-corrected chi connectivity index (χ0v) is 14.1. The van der Waals surface area contributed by atoms with Crippen LogP contribution in [0.3, 0.4) is 0 Å². The first-order valence-electron chi connectivity index (χ1n) is 8.48. The van der Waals surface area contributed by atoms with Gasteiger partial charge >= 0.3 is 0 Å². The third-order valence-electron chi connectivity index (χ3n) is 4.75. The minimum absolute atomic E-state index is 0.460. The smallest absolute Gasteiger partial charge is 0.164 e. The summed E-state index contributed by atoms with van der Waals surface area (Å²) in [6.07, 6.45) is 6.85. The van der Waals surface area contributed by atoms with Gasteiger partial charge in [-0.2, -0.15) is 0 Å². The second-order valence-corrected chi connectivity index (χ2v) is 6.57. The topological polar surface area (TPSA) is 60.0 Å². The molecule has 0 amide bonds. The lowest BCUT2D eigenvalue weighted by molar-refractivity contribution is 0.483. The molecule has 0 aromatic carbocycles. The van der Waals surface area contributed by atoms with Gasteiger partial charge in [0.05, 0.1) is 5.39 Å². The standard InChI is InChI=1S/C17H27N5/c1-5-7-13(8-6-2)21-9-11(3)14-10-22(18)17-15(14)16(21)19-12(4)20-17/h10-11,13H,5-9,18H2,1-4H3. The molecule has 5 nitrogen and oxygen atoms in total.